The fourth-order valence-corrected chi connectivity index (χ4v) is 3.86. The SMILES string of the molecule is Cl.c1ccc2c(c1)CCC1(C2)NCCS1. The predicted octanol–water partition coefficient (Wildman–Crippen LogP) is 2.63. The zero-order valence-electron chi connectivity index (χ0n) is 8.66. The molecule has 0 aromatic heterocycles. The lowest BCUT2D eigenvalue weighted by molar-refractivity contribution is 0.444. The first-order chi connectivity index (χ1) is 6.88. The van der Waals surface area contributed by atoms with E-state index in [1.54, 1.807) is 11.1 Å². The normalized spacial score (nSPS) is 28.5. The molecule has 3 heteroatoms. The summed E-state index contributed by atoms with van der Waals surface area (Å²) < 4.78 is 0. The number of benzene rings is 1. The predicted molar refractivity (Wildman–Crippen MR) is 68.9 cm³/mol. The van der Waals surface area contributed by atoms with E-state index in [9.17, 15) is 0 Å². The highest BCUT2D eigenvalue weighted by Gasteiger charge is 2.37. The molecule has 1 atom stereocenters. The highest BCUT2D eigenvalue weighted by molar-refractivity contribution is 8.00. The molecule has 1 spiro atoms. The summed E-state index contributed by atoms with van der Waals surface area (Å²) in [7, 11) is 0. The summed E-state index contributed by atoms with van der Waals surface area (Å²) >= 11 is 2.12. The highest BCUT2D eigenvalue weighted by atomic mass is 35.5. The van der Waals surface area contributed by atoms with Crippen molar-refractivity contribution in [1.29, 1.82) is 0 Å². The molecule has 3 rings (SSSR count). The van der Waals surface area contributed by atoms with Crippen molar-refractivity contribution < 1.29 is 0 Å². The zero-order valence-corrected chi connectivity index (χ0v) is 10.3. The van der Waals surface area contributed by atoms with Gasteiger partial charge in [-0.15, -0.1) is 24.2 Å². The molecule has 0 amide bonds. The van der Waals surface area contributed by atoms with Crippen LogP contribution in [0, 0.1) is 0 Å². The van der Waals surface area contributed by atoms with Gasteiger partial charge in [-0.25, -0.2) is 0 Å². The quantitative estimate of drug-likeness (QED) is 0.750. The molecule has 0 saturated carbocycles. The van der Waals surface area contributed by atoms with Gasteiger partial charge in [-0.2, -0.15) is 0 Å². The van der Waals surface area contributed by atoms with Crippen molar-refractivity contribution in [2.75, 3.05) is 12.3 Å². The Kier molecular flexibility index (Phi) is 3.29. The minimum absolute atomic E-state index is 0. The number of thioether (sulfide) groups is 1. The van der Waals surface area contributed by atoms with Crippen LogP contribution < -0.4 is 5.32 Å². The van der Waals surface area contributed by atoms with E-state index >= 15 is 0 Å². The van der Waals surface area contributed by atoms with Crippen LogP contribution in [0.4, 0.5) is 0 Å². The van der Waals surface area contributed by atoms with Crippen molar-refractivity contribution in [3.05, 3.63) is 35.4 Å². The molecule has 1 unspecified atom stereocenters. The van der Waals surface area contributed by atoms with E-state index in [2.05, 4.69) is 41.3 Å². The maximum absolute atomic E-state index is 3.68. The third-order valence-electron chi connectivity index (χ3n) is 3.32. The molecule has 1 fully saturated rings. The molecular formula is C12H16ClNS. The van der Waals surface area contributed by atoms with E-state index in [1.165, 1.54) is 31.6 Å². The molecule has 1 nitrogen and oxygen atoms in total. The van der Waals surface area contributed by atoms with Gasteiger partial charge < -0.3 is 5.32 Å². The van der Waals surface area contributed by atoms with E-state index in [0.29, 0.717) is 4.87 Å². The zero-order chi connectivity index (χ0) is 9.43. The summed E-state index contributed by atoms with van der Waals surface area (Å²) in [6.07, 6.45) is 3.76. The summed E-state index contributed by atoms with van der Waals surface area (Å²) in [5, 5.41) is 3.68. The maximum Gasteiger partial charge on any atom is 0.0689 e. The van der Waals surface area contributed by atoms with Crippen molar-refractivity contribution in [2.45, 2.75) is 24.1 Å². The first kappa shape index (κ1) is 11.3. The second-order valence-electron chi connectivity index (χ2n) is 4.22. The third kappa shape index (κ3) is 2.03. The number of aryl methyl sites for hydroxylation is 1. The second-order valence-corrected chi connectivity index (χ2v) is 5.69. The van der Waals surface area contributed by atoms with Crippen LogP contribution in [0.2, 0.25) is 0 Å². The van der Waals surface area contributed by atoms with Gasteiger partial charge in [0.15, 0.2) is 0 Å². The Labute approximate surface area is 101 Å². The van der Waals surface area contributed by atoms with Crippen LogP contribution in [0.1, 0.15) is 17.5 Å². The standard InChI is InChI=1S/C12H15NS.ClH/c1-2-4-11-9-12(13-7-8-14-12)6-5-10(11)3-1;/h1-4,13H,5-9H2;1H. The fraction of sp³-hybridized carbons (Fsp3) is 0.500. The van der Waals surface area contributed by atoms with Gasteiger partial charge in [-0.05, 0) is 24.0 Å². The second kappa shape index (κ2) is 4.36. The summed E-state index contributed by atoms with van der Waals surface area (Å²) in [6.45, 7) is 1.19. The van der Waals surface area contributed by atoms with Gasteiger partial charge in [0, 0.05) is 18.7 Å². The van der Waals surface area contributed by atoms with Crippen LogP contribution >= 0.6 is 24.2 Å². The Morgan fingerprint density at radius 1 is 1.20 bits per heavy atom. The molecule has 1 aliphatic heterocycles. The summed E-state index contributed by atoms with van der Waals surface area (Å²) in [6, 6.07) is 8.89. The Balaban J connectivity index is 0.000000853. The van der Waals surface area contributed by atoms with Gasteiger partial charge in [0.2, 0.25) is 0 Å². The molecule has 1 aromatic rings. The average molecular weight is 242 g/mol. The van der Waals surface area contributed by atoms with E-state index in [1.807, 2.05) is 0 Å². The fourth-order valence-electron chi connectivity index (χ4n) is 2.56. The lowest BCUT2D eigenvalue weighted by Crippen LogP contribution is -2.42. The number of hydrogen-bond acceptors (Lipinski definition) is 2. The molecule has 0 bridgehead atoms. The number of rotatable bonds is 0. The van der Waals surface area contributed by atoms with Crippen LogP contribution in [0.5, 0.6) is 0 Å². The topological polar surface area (TPSA) is 12.0 Å². The third-order valence-corrected chi connectivity index (χ3v) is 4.77. The van der Waals surface area contributed by atoms with Gasteiger partial charge in [-0.1, -0.05) is 24.3 Å². The van der Waals surface area contributed by atoms with E-state index in [-0.39, 0.29) is 12.4 Å². The highest BCUT2D eigenvalue weighted by Crippen LogP contribution is 2.39. The smallest absolute Gasteiger partial charge is 0.0689 e. The molecule has 0 radical (unpaired) electrons. The molecule has 15 heavy (non-hydrogen) atoms. The number of hydrogen-bond donors (Lipinski definition) is 1. The lowest BCUT2D eigenvalue weighted by Gasteiger charge is -2.34. The molecular weight excluding hydrogens is 226 g/mol. The minimum Gasteiger partial charge on any atom is -0.302 e. The van der Waals surface area contributed by atoms with Crippen molar-refractivity contribution in [3.63, 3.8) is 0 Å². The number of halogens is 1. The van der Waals surface area contributed by atoms with E-state index < -0.39 is 0 Å². The van der Waals surface area contributed by atoms with Crippen LogP contribution in [0.25, 0.3) is 0 Å². The largest absolute Gasteiger partial charge is 0.302 e. The number of nitrogens with one attached hydrogen (secondary N) is 1. The Hall–Kier alpha value is -0.180. The molecule has 1 aliphatic carbocycles. The van der Waals surface area contributed by atoms with E-state index in [4.69, 9.17) is 0 Å². The first-order valence-electron chi connectivity index (χ1n) is 5.34. The number of fused-ring (bicyclic) bond motifs is 1. The van der Waals surface area contributed by atoms with Crippen molar-refractivity contribution in [2.24, 2.45) is 0 Å². The van der Waals surface area contributed by atoms with Crippen LogP contribution in [-0.4, -0.2) is 17.2 Å². The molecule has 1 aromatic carbocycles. The molecule has 1 N–H and O–H groups in total. The molecule has 1 saturated heterocycles. The van der Waals surface area contributed by atoms with Crippen LogP contribution in [0.15, 0.2) is 24.3 Å². The first-order valence-corrected chi connectivity index (χ1v) is 6.32. The van der Waals surface area contributed by atoms with Gasteiger partial charge in [-0.3, -0.25) is 0 Å². The summed E-state index contributed by atoms with van der Waals surface area (Å²) in [4.78, 5) is 0.383. The lowest BCUT2D eigenvalue weighted by atomic mass is 9.88. The Morgan fingerprint density at radius 2 is 2.00 bits per heavy atom. The van der Waals surface area contributed by atoms with Gasteiger partial charge in [0.1, 0.15) is 0 Å². The van der Waals surface area contributed by atoms with Gasteiger partial charge in [0.05, 0.1) is 4.87 Å². The van der Waals surface area contributed by atoms with Crippen molar-refractivity contribution in [3.8, 4) is 0 Å². The Bertz CT molecular complexity index is 347. The minimum atomic E-state index is 0. The summed E-state index contributed by atoms with van der Waals surface area (Å²) in [5.74, 6) is 1.28. The van der Waals surface area contributed by atoms with E-state index in [0.717, 1.165) is 0 Å². The summed E-state index contributed by atoms with van der Waals surface area (Å²) in [5.41, 5.74) is 3.12. The monoisotopic (exact) mass is 241 g/mol. The van der Waals surface area contributed by atoms with Gasteiger partial charge in [0.25, 0.3) is 0 Å². The molecule has 1 heterocycles. The molecule has 2 aliphatic rings. The molecule has 82 valence electrons. The van der Waals surface area contributed by atoms with Crippen molar-refractivity contribution in [1.82, 2.24) is 5.32 Å². The maximum atomic E-state index is 3.68. The van der Waals surface area contributed by atoms with Crippen LogP contribution in [0.3, 0.4) is 0 Å². The van der Waals surface area contributed by atoms with Crippen LogP contribution in [-0.2, 0) is 12.8 Å². The van der Waals surface area contributed by atoms with Gasteiger partial charge >= 0.3 is 0 Å². The Morgan fingerprint density at radius 3 is 2.73 bits per heavy atom. The average Bonchev–Trinajstić information content (AvgIpc) is 2.66. The van der Waals surface area contributed by atoms with Crippen molar-refractivity contribution >= 4 is 24.2 Å².